The molecule has 0 saturated carbocycles. The summed E-state index contributed by atoms with van der Waals surface area (Å²) in [6.07, 6.45) is 1.56. The Balaban J connectivity index is 3.07. The van der Waals surface area contributed by atoms with Crippen LogP contribution in [0.4, 0.5) is 5.69 Å². The minimum Gasteiger partial charge on any atom is -0.478 e. The standard InChI is InChI=1S/C10H11NO2/c1-2-9(10(12)13)7-3-5-8(11)6-4-7/h2-6H,11H2,1H3,(H,12,13). The minimum atomic E-state index is -0.924. The van der Waals surface area contributed by atoms with E-state index in [2.05, 4.69) is 0 Å². The Kier molecular flexibility index (Phi) is 2.69. The molecule has 0 spiro atoms. The lowest BCUT2D eigenvalue weighted by Gasteiger charge is -2.01. The Morgan fingerprint density at radius 3 is 2.31 bits per heavy atom. The van der Waals surface area contributed by atoms with Crippen LogP contribution in [0.15, 0.2) is 30.3 Å². The number of rotatable bonds is 2. The van der Waals surface area contributed by atoms with Gasteiger partial charge >= 0.3 is 5.97 Å². The number of hydrogen-bond acceptors (Lipinski definition) is 2. The third-order valence-corrected chi connectivity index (χ3v) is 1.74. The van der Waals surface area contributed by atoms with E-state index in [4.69, 9.17) is 10.8 Å². The maximum atomic E-state index is 10.7. The number of nitrogens with two attached hydrogens (primary N) is 1. The van der Waals surface area contributed by atoms with Crippen LogP contribution in [0, 0.1) is 0 Å². The summed E-state index contributed by atoms with van der Waals surface area (Å²) in [6, 6.07) is 6.75. The molecule has 0 saturated heterocycles. The van der Waals surface area contributed by atoms with Crippen molar-refractivity contribution in [3.8, 4) is 0 Å². The van der Waals surface area contributed by atoms with Gasteiger partial charge in [0.15, 0.2) is 0 Å². The Labute approximate surface area is 76.5 Å². The zero-order valence-electron chi connectivity index (χ0n) is 7.32. The van der Waals surface area contributed by atoms with Gasteiger partial charge in [0.05, 0.1) is 5.57 Å². The Bertz CT molecular complexity index is 338. The summed E-state index contributed by atoms with van der Waals surface area (Å²) in [4.78, 5) is 10.7. The third-order valence-electron chi connectivity index (χ3n) is 1.74. The maximum Gasteiger partial charge on any atom is 0.335 e. The zero-order valence-corrected chi connectivity index (χ0v) is 7.32. The van der Waals surface area contributed by atoms with E-state index in [9.17, 15) is 4.79 Å². The van der Waals surface area contributed by atoms with Crippen molar-refractivity contribution in [1.82, 2.24) is 0 Å². The molecule has 0 heterocycles. The van der Waals surface area contributed by atoms with Gasteiger partial charge in [0, 0.05) is 5.69 Å². The Morgan fingerprint density at radius 2 is 1.92 bits per heavy atom. The average molecular weight is 177 g/mol. The Morgan fingerprint density at radius 1 is 1.38 bits per heavy atom. The smallest absolute Gasteiger partial charge is 0.335 e. The van der Waals surface area contributed by atoms with Crippen LogP contribution in [-0.4, -0.2) is 11.1 Å². The summed E-state index contributed by atoms with van der Waals surface area (Å²) in [5.41, 5.74) is 7.07. The predicted octanol–water partition coefficient (Wildman–Crippen LogP) is 1.76. The highest BCUT2D eigenvalue weighted by molar-refractivity contribution is 6.15. The van der Waals surface area contributed by atoms with Crippen molar-refractivity contribution in [1.29, 1.82) is 0 Å². The number of hydrogen-bond donors (Lipinski definition) is 2. The molecule has 0 radical (unpaired) electrons. The largest absolute Gasteiger partial charge is 0.478 e. The molecule has 0 aliphatic rings. The first-order chi connectivity index (χ1) is 6.15. The fourth-order valence-corrected chi connectivity index (χ4v) is 1.08. The van der Waals surface area contributed by atoms with Crippen LogP contribution in [0.3, 0.4) is 0 Å². The molecule has 1 aromatic carbocycles. The Hall–Kier alpha value is -1.77. The molecule has 1 rings (SSSR count). The van der Waals surface area contributed by atoms with Gasteiger partial charge in [-0.2, -0.15) is 0 Å². The van der Waals surface area contributed by atoms with Gasteiger partial charge in [-0.1, -0.05) is 18.2 Å². The second-order valence-corrected chi connectivity index (χ2v) is 2.63. The van der Waals surface area contributed by atoms with Crippen molar-refractivity contribution >= 4 is 17.2 Å². The SMILES string of the molecule is CC=C(C(=O)O)c1ccc(N)cc1. The highest BCUT2D eigenvalue weighted by atomic mass is 16.4. The molecule has 0 fully saturated rings. The highest BCUT2D eigenvalue weighted by Gasteiger charge is 2.07. The molecule has 3 nitrogen and oxygen atoms in total. The minimum absolute atomic E-state index is 0.292. The lowest BCUT2D eigenvalue weighted by molar-refractivity contribution is -0.130. The van der Waals surface area contributed by atoms with Gasteiger partial charge in [0.1, 0.15) is 0 Å². The van der Waals surface area contributed by atoms with Crippen molar-refractivity contribution in [3.63, 3.8) is 0 Å². The lowest BCUT2D eigenvalue weighted by Crippen LogP contribution is -1.99. The van der Waals surface area contributed by atoms with Crippen LogP contribution in [0.2, 0.25) is 0 Å². The van der Waals surface area contributed by atoms with E-state index in [0.29, 0.717) is 16.8 Å². The number of aliphatic carboxylic acids is 1. The molecule has 0 aliphatic heterocycles. The monoisotopic (exact) mass is 177 g/mol. The van der Waals surface area contributed by atoms with Crippen LogP contribution in [0.5, 0.6) is 0 Å². The van der Waals surface area contributed by atoms with Crippen LogP contribution < -0.4 is 5.73 Å². The van der Waals surface area contributed by atoms with Gasteiger partial charge in [0.2, 0.25) is 0 Å². The van der Waals surface area contributed by atoms with Gasteiger partial charge < -0.3 is 10.8 Å². The summed E-state index contributed by atoms with van der Waals surface area (Å²) in [5, 5.41) is 8.80. The van der Waals surface area contributed by atoms with E-state index in [-0.39, 0.29) is 0 Å². The summed E-state index contributed by atoms with van der Waals surface area (Å²) >= 11 is 0. The fourth-order valence-electron chi connectivity index (χ4n) is 1.08. The topological polar surface area (TPSA) is 63.3 Å². The molecule has 13 heavy (non-hydrogen) atoms. The average Bonchev–Trinajstić information content (AvgIpc) is 2.09. The second kappa shape index (κ2) is 3.76. The van der Waals surface area contributed by atoms with Crippen molar-refractivity contribution in [2.45, 2.75) is 6.92 Å². The lowest BCUT2D eigenvalue weighted by atomic mass is 10.1. The molecule has 0 bridgehead atoms. The molecule has 0 aliphatic carbocycles. The van der Waals surface area contributed by atoms with Gasteiger partial charge in [0.25, 0.3) is 0 Å². The molecule has 0 amide bonds. The number of allylic oxidation sites excluding steroid dienone is 1. The van der Waals surface area contributed by atoms with Crippen molar-refractivity contribution in [3.05, 3.63) is 35.9 Å². The fraction of sp³-hybridized carbons (Fsp3) is 0.100. The quantitative estimate of drug-likeness (QED) is 0.534. The van der Waals surface area contributed by atoms with Crippen LogP contribution >= 0.6 is 0 Å². The molecule has 3 heteroatoms. The molecule has 0 atom stereocenters. The van der Waals surface area contributed by atoms with Gasteiger partial charge in [-0.05, 0) is 24.6 Å². The molecule has 0 aromatic heterocycles. The van der Waals surface area contributed by atoms with E-state index >= 15 is 0 Å². The zero-order chi connectivity index (χ0) is 9.84. The second-order valence-electron chi connectivity index (χ2n) is 2.63. The predicted molar refractivity (Wildman–Crippen MR) is 52.1 cm³/mol. The molecule has 3 N–H and O–H groups in total. The summed E-state index contributed by atoms with van der Waals surface area (Å²) in [5.74, 6) is -0.924. The third kappa shape index (κ3) is 2.08. The van der Waals surface area contributed by atoms with E-state index in [1.807, 2.05) is 0 Å². The molecular formula is C10H11NO2. The number of carboxylic acids is 1. The van der Waals surface area contributed by atoms with Crippen molar-refractivity contribution in [2.75, 3.05) is 5.73 Å². The van der Waals surface area contributed by atoms with Crippen LogP contribution in [0.1, 0.15) is 12.5 Å². The molecular weight excluding hydrogens is 166 g/mol. The summed E-state index contributed by atoms with van der Waals surface area (Å²) in [7, 11) is 0. The van der Waals surface area contributed by atoms with E-state index in [1.54, 1.807) is 37.3 Å². The summed E-state index contributed by atoms with van der Waals surface area (Å²) < 4.78 is 0. The van der Waals surface area contributed by atoms with Gasteiger partial charge in [-0.25, -0.2) is 4.79 Å². The van der Waals surface area contributed by atoms with Crippen molar-refractivity contribution in [2.24, 2.45) is 0 Å². The number of nitrogen functional groups attached to an aromatic ring is 1. The number of benzene rings is 1. The van der Waals surface area contributed by atoms with E-state index in [1.165, 1.54) is 0 Å². The van der Waals surface area contributed by atoms with Crippen molar-refractivity contribution < 1.29 is 9.90 Å². The highest BCUT2D eigenvalue weighted by Crippen LogP contribution is 2.15. The van der Waals surface area contributed by atoms with E-state index in [0.717, 1.165) is 0 Å². The maximum absolute atomic E-state index is 10.7. The van der Waals surface area contributed by atoms with Gasteiger partial charge in [-0.3, -0.25) is 0 Å². The number of carbonyl (C=O) groups is 1. The molecule has 0 unspecified atom stereocenters. The van der Waals surface area contributed by atoms with Crippen LogP contribution in [-0.2, 0) is 4.79 Å². The number of carboxylic acid groups (broad SMARTS) is 1. The first kappa shape index (κ1) is 9.32. The first-order valence-electron chi connectivity index (χ1n) is 3.90. The normalized spacial score (nSPS) is 11.3. The first-order valence-corrected chi connectivity index (χ1v) is 3.90. The van der Waals surface area contributed by atoms with Crippen LogP contribution in [0.25, 0.3) is 5.57 Å². The molecule has 1 aromatic rings. The van der Waals surface area contributed by atoms with E-state index < -0.39 is 5.97 Å². The summed E-state index contributed by atoms with van der Waals surface area (Å²) in [6.45, 7) is 1.69. The van der Waals surface area contributed by atoms with Gasteiger partial charge in [-0.15, -0.1) is 0 Å². The number of anilines is 1. The molecule has 68 valence electrons.